The van der Waals surface area contributed by atoms with Crippen molar-refractivity contribution in [3.8, 4) is 0 Å². The average molecular weight is 334 g/mol. The van der Waals surface area contributed by atoms with Crippen molar-refractivity contribution in [1.82, 2.24) is 0 Å². The summed E-state index contributed by atoms with van der Waals surface area (Å²) in [4.78, 5) is 18.8. The minimum absolute atomic E-state index is 0.187. The SMILES string of the molecule is O=C1C(=Nc2ccc(F)c(F)c2)c2ccccc2N1c1ccccc1. The minimum atomic E-state index is -1.000. The van der Waals surface area contributed by atoms with Crippen molar-refractivity contribution in [2.24, 2.45) is 4.99 Å². The molecule has 0 spiro atoms. The molecule has 25 heavy (non-hydrogen) atoms. The smallest absolute Gasteiger partial charge is 0.275 e. The largest absolute Gasteiger partial charge is 0.282 e. The number of nitrogens with zero attached hydrogens (tertiary/aromatic N) is 2. The van der Waals surface area contributed by atoms with Gasteiger partial charge in [-0.15, -0.1) is 0 Å². The number of amides is 1. The Hall–Kier alpha value is -3.34. The van der Waals surface area contributed by atoms with Gasteiger partial charge < -0.3 is 0 Å². The van der Waals surface area contributed by atoms with E-state index in [1.54, 1.807) is 17.0 Å². The van der Waals surface area contributed by atoms with Crippen LogP contribution in [0.1, 0.15) is 5.56 Å². The van der Waals surface area contributed by atoms with Crippen LogP contribution in [-0.4, -0.2) is 11.6 Å². The molecule has 1 aliphatic heterocycles. The summed E-state index contributed by atoms with van der Waals surface area (Å²) < 4.78 is 26.6. The number of carbonyl (C=O) groups excluding carboxylic acids is 1. The van der Waals surface area contributed by atoms with Gasteiger partial charge in [0.15, 0.2) is 11.6 Å². The molecular weight excluding hydrogens is 322 g/mol. The molecule has 5 heteroatoms. The molecule has 0 radical (unpaired) electrons. The fourth-order valence-corrected chi connectivity index (χ4v) is 2.82. The summed E-state index contributed by atoms with van der Waals surface area (Å²) >= 11 is 0. The molecule has 0 bridgehead atoms. The summed E-state index contributed by atoms with van der Waals surface area (Å²) in [6.07, 6.45) is 0. The molecule has 1 heterocycles. The van der Waals surface area contributed by atoms with Gasteiger partial charge in [-0.25, -0.2) is 13.8 Å². The van der Waals surface area contributed by atoms with Gasteiger partial charge in [0.2, 0.25) is 0 Å². The van der Waals surface area contributed by atoms with E-state index in [2.05, 4.69) is 4.99 Å². The van der Waals surface area contributed by atoms with Gasteiger partial charge in [0.1, 0.15) is 5.71 Å². The molecule has 3 aromatic rings. The zero-order valence-electron chi connectivity index (χ0n) is 13.0. The molecule has 0 saturated carbocycles. The fraction of sp³-hybridized carbons (Fsp3) is 0. The Morgan fingerprint density at radius 1 is 0.800 bits per heavy atom. The van der Waals surface area contributed by atoms with Crippen molar-refractivity contribution in [3.05, 3.63) is 90.0 Å². The van der Waals surface area contributed by atoms with Crippen LogP contribution < -0.4 is 4.90 Å². The Labute approximate surface area is 142 Å². The normalized spacial score (nSPS) is 14.9. The maximum Gasteiger partial charge on any atom is 0.282 e. The van der Waals surface area contributed by atoms with Crippen molar-refractivity contribution in [2.75, 3.05) is 4.90 Å². The Bertz CT molecular complexity index is 1000. The number of hydrogen-bond donors (Lipinski definition) is 0. The molecule has 3 nitrogen and oxygen atoms in total. The molecule has 0 saturated heterocycles. The molecule has 0 fully saturated rings. The standard InChI is InChI=1S/C20H12F2N2O/c21-16-11-10-13(12-17(16)22)23-19-15-8-4-5-9-18(15)24(20(19)25)14-6-2-1-3-7-14/h1-12H. The zero-order chi connectivity index (χ0) is 17.4. The van der Waals surface area contributed by atoms with E-state index < -0.39 is 11.6 Å². The molecule has 0 atom stereocenters. The van der Waals surface area contributed by atoms with E-state index in [1.807, 2.05) is 42.5 Å². The van der Waals surface area contributed by atoms with Crippen molar-refractivity contribution >= 4 is 28.7 Å². The number of para-hydroxylation sites is 2. The Morgan fingerprint density at radius 2 is 1.52 bits per heavy atom. The number of aliphatic imine (C=N–C) groups is 1. The van der Waals surface area contributed by atoms with Crippen LogP contribution in [-0.2, 0) is 4.79 Å². The van der Waals surface area contributed by atoms with E-state index in [4.69, 9.17) is 0 Å². The third-order valence-electron chi connectivity index (χ3n) is 3.96. The number of rotatable bonds is 2. The minimum Gasteiger partial charge on any atom is -0.275 e. The predicted molar refractivity (Wildman–Crippen MR) is 92.6 cm³/mol. The first-order chi connectivity index (χ1) is 12.1. The second-order valence-corrected chi connectivity index (χ2v) is 5.55. The molecule has 1 amide bonds. The monoisotopic (exact) mass is 334 g/mol. The van der Waals surface area contributed by atoms with E-state index in [-0.39, 0.29) is 17.3 Å². The molecular formula is C20H12F2N2O. The molecule has 122 valence electrons. The zero-order valence-corrected chi connectivity index (χ0v) is 13.0. The van der Waals surface area contributed by atoms with Crippen LogP contribution >= 0.6 is 0 Å². The van der Waals surface area contributed by atoms with Crippen molar-refractivity contribution in [1.29, 1.82) is 0 Å². The highest BCUT2D eigenvalue weighted by molar-refractivity contribution is 6.56. The summed E-state index contributed by atoms with van der Waals surface area (Å²) in [5.74, 6) is -2.26. The molecule has 0 N–H and O–H groups in total. The third kappa shape index (κ3) is 2.59. The molecule has 0 aromatic heterocycles. The Morgan fingerprint density at radius 3 is 2.28 bits per heavy atom. The molecule has 0 unspecified atom stereocenters. The van der Waals surface area contributed by atoms with E-state index >= 15 is 0 Å². The van der Waals surface area contributed by atoms with Gasteiger partial charge in [0.05, 0.1) is 11.4 Å². The highest BCUT2D eigenvalue weighted by atomic mass is 19.2. The topological polar surface area (TPSA) is 32.7 Å². The predicted octanol–water partition coefficient (Wildman–Crippen LogP) is 4.76. The fourth-order valence-electron chi connectivity index (χ4n) is 2.82. The number of fused-ring (bicyclic) bond motifs is 1. The number of halogens is 2. The Kier molecular flexibility index (Phi) is 3.61. The quantitative estimate of drug-likeness (QED) is 0.665. The van der Waals surface area contributed by atoms with Crippen LogP contribution in [0.15, 0.2) is 77.8 Å². The van der Waals surface area contributed by atoms with Gasteiger partial charge in [-0.05, 0) is 30.3 Å². The highest BCUT2D eigenvalue weighted by Crippen LogP contribution is 2.36. The lowest BCUT2D eigenvalue weighted by atomic mass is 10.1. The first-order valence-corrected chi connectivity index (χ1v) is 7.68. The third-order valence-corrected chi connectivity index (χ3v) is 3.96. The maximum absolute atomic E-state index is 13.4. The van der Waals surface area contributed by atoms with E-state index in [1.165, 1.54) is 6.07 Å². The van der Waals surface area contributed by atoms with Crippen LogP contribution in [0.25, 0.3) is 0 Å². The summed E-state index contributed by atoms with van der Waals surface area (Å²) in [5.41, 5.74) is 2.47. The number of anilines is 2. The second-order valence-electron chi connectivity index (χ2n) is 5.55. The first-order valence-electron chi connectivity index (χ1n) is 7.68. The van der Waals surface area contributed by atoms with Crippen molar-refractivity contribution < 1.29 is 13.6 Å². The Balaban J connectivity index is 1.85. The maximum atomic E-state index is 13.4. The lowest BCUT2D eigenvalue weighted by Crippen LogP contribution is -2.25. The molecule has 1 aliphatic rings. The highest BCUT2D eigenvalue weighted by Gasteiger charge is 2.34. The van der Waals surface area contributed by atoms with E-state index in [0.717, 1.165) is 17.8 Å². The second kappa shape index (κ2) is 5.94. The molecule has 4 rings (SSSR count). The van der Waals surface area contributed by atoms with Crippen LogP contribution in [0.5, 0.6) is 0 Å². The van der Waals surface area contributed by atoms with Gasteiger partial charge in [0, 0.05) is 17.3 Å². The van der Waals surface area contributed by atoms with Crippen LogP contribution in [0, 0.1) is 11.6 Å². The molecule has 3 aromatic carbocycles. The summed E-state index contributed by atoms with van der Waals surface area (Å²) in [6.45, 7) is 0. The van der Waals surface area contributed by atoms with Crippen molar-refractivity contribution in [2.45, 2.75) is 0 Å². The summed E-state index contributed by atoms with van der Waals surface area (Å²) in [5, 5.41) is 0. The van der Waals surface area contributed by atoms with Gasteiger partial charge >= 0.3 is 0 Å². The van der Waals surface area contributed by atoms with Gasteiger partial charge in [0.25, 0.3) is 5.91 Å². The van der Waals surface area contributed by atoms with Crippen LogP contribution in [0.4, 0.5) is 25.8 Å². The van der Waals surface area contributed by atoms with Crippen LogP contribution in [0.3, 0.4) is 0 Å². The summed E-state index contributed by atoms with van der Waals surface area (Å²) in [7, 11) is 0. The average Bonchev–Trinajstić information content (AvgIpc) is 2.91. The number of benzene rings is 3. The van der Waals surface area contributed by atoms with Crippen LogP contribution in [0.2, 0.25) is 0 Å². The van der Waals surface area contributed by atoms with E-state index in [0.29, 0.717) is 11.3 Å². The van der Waals surface area contributed by atoms with Gasteiger partial charge in [-0.2, -0.15) is 0 Å². The van der Waals surface area contributed by atoms with E-state index in [9.17, 15) is 13.6 Å². The van der Waals surface area contributed by atoms with Crippen molar-refractivity contribution in [3.63, 3.8) is 0 Å². The first kappa shape index (κ1) is 15.2. The summed E-state index contributed by atoms with van der Waals surface area (Å²) in [6, 6.07) is 19.8. The van der Waals surface area contributed by atoms with Gasteiger partial charge in [-0.1, -0.05) is 36.4 Å². The van der Waals surface area contributed by atoms with Gasteiger partial charge in [-0.3, -0.25) is 9.69 Å². The number of carbonyl (C=O) groups is 1. The number of hydrogen-bond acceptors (Lipinski definition) is 2. The lowest BCUT2D eigenvalue weighted by molar-refractivity contribution is -0.111. The molecule has 0 aliphatic carbocycles. The lowest BCUT2D eigenvalue weighted by Gasteiger charge is -2.16.